The molecule has 3 heterocycles. The largest absolute Gasteiger partial charge is 0.439 e. The van der Waals surface area contributed by atoms with Crippen molar-refractivity contribution in [3.8, 4) is 11.6 Å². The van der Waals surface area contributed by atoms with Gasteiger partial charge in [0, 0.05) is 24.6 Å². The van der Waals surface area contributed by atoms with E-state index in [1.165, 1.54) is 18.4 Å². The molecule has 2 aromatic rings. The van der Waals surface area contributed by atoms with Crippen molar-refractivity contribution in [3.05, 3.63) is 48.2 Å². The van der Waals surface area contributed by atoms with Crippen molar-refractivity contribution in [2.24, 2.45) is 5.92 Å². The predicted molar refractivity (Wildman–Crippen MR) is 101 cm³/mol. The SMILES string of the molecule is Cc1ccc(Oc2ccc(NC(=O)CC3CC4CCC(C3)N4)cn2)cc1. The van der Waals surface area contributed by atoms with Crippen LogP contribution in [0.15, 0.2) is 42.6 Å². The zero-order chi connectivity index (χ0) is 17.9. The van der Waals surface area contributed by atoms with Crippen LogP contribution >= 0.6 is 0 Å². The topological polar surface area (TPSA) is 63.2 Å². The minimum atomic E-state index is 0.0744. The van der Waals surface area contributed by atoms with E-state index in [0.717, 1.165) is 18.6 Å². The first-order valence-corrected chi connectivity index (χ1v) is 9.40. The average molecular weight is 351 g/mol. The zero-order valence-electron chi connectivity index (χ0n) is 15.1. The fourth-order valence-electron chi connectivity index (χ4n) is 4.06. The number of piperidine rings is 1. The van der Waals surface area contributed by atoms with Crippen molar-refractivity contribution in [3.63, 3.8) is 0 Å². The molecule has 2 saturated heterocycles. The van der Waals surface area contributed by atoms with Gasteiger partial charge in [0.15, 0.2) is 0 Å². The van der Waals surface area contributed by atoms with Gasteiger partial charge in [0.2, 0.25) is 11.8 Å². The van der Waals surface area contributed by atoms with Crippen LogP contribution in [0.3, 0.4) is 0 Å². The Hall–Kier alpha value is -2.40. The number of pyridine rings is 1. The van der Waals surface area contributed by atoms with Gasteiger partial charge in [-0.15, -0.1) is 0 Å². The summed E-state index contributed by atoms with van der Waals surface area (Å²) in [4.78, 5) is 16.6. The maximum atomic E-state index is 12.3. The lowest BCUT2D eigenvalue weighted by Gasteiger charge is -2.28. The summed E-state index contributed by atoms with van der Waals surface area (Å²) in [6, 6.07) is 12.7. The van der Waals surface area contributed by atoms with Crippen molar-refractivity contribution in [1.29, 1.82) is 0 Å². The van der Waals surface area contributed by atoms with Gasteiger partial charge in [0.05, 0.1) is 11.9 Å². The first-order valence-electron chi connectivity index (χ1n) is 9.40. The molecule has 2 unspecified atom stereocenters. The standard InChI is InChI=1S/C21H25N3O2/c1-14-2-7-19(8-3-14)26-21-9-6-18(13-22-21)24-20(25)12-15-10-16-4-5-17(11-15)23-16/h2-3,6-9,13,15-17,23H,4-5,10-12H2,1H3,(H,24,25). The highest BCUT2D eigenvalue weighted by Crippen LogP contribution is 2.32. The number of aryl methyl sites for hydroxylation is 1. The van der Waals surface area contributed by atoms with Crippen LogP contribution in [0.5, 0.6) is 11.6 Å². The van der Waals surface area contributed by atoms with Gasteiger partial charge >= 0.3 is 0 Å². The second-order valence-corrected chi connectivity index (χ2v) is 7.53. The Labute approximate surface area is 154 Å². The molecule has 1 aromatic heterocycles. The maximum Gasteiger partial charge on any atom is 0.224 e. The van der Waals surface area contributed by atoms with Crippen LogP contribution in [0, 0.1) is 12.8 Å². The van der Waals surface area contributed by atoms with Crippen molar-refractivity contribution < 1.29 is 9.53 Å². The molecule has 1 amide bonds. The lowest BCUT2D eigenvalue weighted by Crippen LogP contribution is -2.39. The second kappa shape index (κ2) is 7.46. The summed E-state index contributed by atoms with van der Waals surface area (Å²) in [6.07, 6.45) is 6.99. The van der Waals surface area contributed by atoms with Crippen LogP contribution in [0.25, 0.3) is 0 Å². The van der Waals surface area contributed by atoms with E-state index in [9.17, 15) is 4.79 Å². The number of amides is 1. The fraction of sp³-hybridized carbons (Fsp3) is 0.429. The van der Waals surface area contributed by atoms with E-state index < -0.39 is 0 Å². The number of carbonyl (C=O) groups excluding carboxylic acids is 1. The lowest BCUT2D eigenvalue weighted by atomic mass is 9.89. The van der Waals surface area contributed by atoms with Gasteiger partial charge in [0.25, 0.3) is 0 Å². The number of carbonyl (C=O) groups is 1. The van der Waals surface area contributed by atoms with E-state index in [0.29, 0.717) is 36.0 Å². The first-order chi connectivity index (χ1) is 12.6. The highest BCUT2D eigenvalue weighted by atomic mass is 16.5. The highest BCUT2D eigenvalue weighted by molar-refractivity contribution is 5.90. The zero-order valence-corrected chi connectivity index (χ0v) is 15.1. The average Bonchev–Trinajstić information content (AvgIpc) is 2.97. The molecule has 4 rings (SSSR count). The van der Waals surface area contributed by atoms with Gasteiger partial charge in [-0.2, -0.15) is 0 Å². The Morgan fingerprint density at radius 2 is 1.88 bits per heavy atom. The third kappa shape index (κ3) is 4.22. The molecule has 2 aliphatic heterocycles. The number of ether oxygens (including phenoxy) is 1. The summed E-state index contributed by atoms with van der Waals surface area (Å²) < 4.78 is 5.71. The minimum Gasteiger partial charge on any atom is -0.439 e. The van der Waals surface area contributed by atoms with Gasteiger partial charge in [0.1, 0.15) is 5.75 Å². The van der Waals surface area contributed by atoms with Crippen LogP contribution in [0.2, 0.25) is 0 Å². The second-order valence-electron chi connectivity index (χ2n) is 7.53. The number of nitrogens with zero attached hydrogens (tertiary/aromatic N) is 1. The third-order valence-electron chi connectivity index (χ3n) is 5.31. The molecule has 136 valence electrons. The Kier molecular flexibility index (Phi) is 4.89. The molecular formula is C21H25N3O2. The number of rotatable bonds is 5. The monoisotopic (exact) mass is 351 g/mol. The van der Waals surface area contributed by atoms with Gasteiger partial charge < -0.3 is 15.4 Å². The number of nitrogens with one attached hydrogen (secondary N) is 2. The molecule has 5 nitrogen and oxygen atoms in total. The third-order valence-corrected chi connectivity index (χ3v) is 5.31. The number of benzene rings is 1. The molecule has 0 spiro atoms. The summed E-state index contributed by atoms with van der Waals surface area (Å²) in [5.41, 5.74) is 1.90. The van der Waals surface area contributed by atoms with Crippen molar-refractivity contribution in [2.45, 2.75) is 51.1 Å². The van der Waals surface area contributed by atoms with E-state index in [2.05, 4.69) is 15.6 Å². The normalized spacial score (nSPS) is 24.3. The smallest absolute Gasteiger partial charge is 0.224 e. The molecule has 2 N–H and O–H groups in total. The van der Waals surface area contributed by atoms with Crippen molar-refractivity contribution in [1.82, 2.24) is 10.3 Å². The molecule has 5 heteroatoms. The number of hydrogen-bond acceptors (Lipinski definition) is 4. The molecule has 2 fully saturated rings. The van der Waals surface area contributed by atoms with Crippen LogP contribution in [0.4, 0.5) is 5.69 Å². The molecule has 0 saturated carbocycles. The number of fused-ring (bicyclic) bond motifs is 2. The molecule has 2 atom stereocenters. The lowest BCUT2D eigenvalue weighted by molar-refractivity contribution is -0.117. The van der Waals surface area contributed by atoms with Crippen LogP contribution < -0.4 is 15.4 Å². The Morgan fingerprint density at radius 1 is 1.15 bits per heavy atom. The molecule has 26 heavy (non-hydrogen) atoms. The quantitative estimate of drug-likeness (QED) is 0.853. The van der Waals surface area contributed by atoms with E-state index in [1.807, 2.05) is 37.3 Å². The van der Waals surface area contributed by atoms with E-state index in [-0.39, 0.29) is 5.91 Å². The summed E-state index contributed by atoms with van der Waals surface area (Å²) in [6.45, 7) is 2.04. The minimum absolute atomic E-state index is 0.0744. The number of hydrogen-bond donors (Lipinski definition) is 2. The predicted octanol–water partition coefficient (Wildman–Crippen LogP) is 4.04. The number of anilines is 1. The van der Waals surface area contributed by atoms with Gasteiger partial charge in [-0.1, -0.05) is 17.7 Å². The molecule has 2 bridgehead atoms. The van der Waals surface area contributed by atoms with Crippen LogP contribution in [-0.4, -0.2) is 23.0 Å². The molecule has 0 radical (unpaired) electrons. The van der Waals surface area contributed by atoms with Gasteiger partial charge in [-0.05, 0) is 56.7 Å². The molecular weight excluding hydrogens is 326 g/mol. The fourth-order valence-corrected chi connectivity index (χ4v) is 4.06. The molecule has 1 aromatic carbocycles. The Morgan fingerprint density at radius 3 is 2.54 bits per heavy atom. The Balaban J connectivity index is 1.29. The van der Waals surface area contributed by atoms with Crippen LogP contribution in [0.1, 0.15) is 37.7 Å². The maximum absolute atomic E-state index is 12.3. The summed E-state index contributed by atoms with van der Waals surface area (Å²) in [7, 11) is 0. The van der Waals surface area contributed by atoms with E-state index in [4.69, 9.17) is 4.74 Å². The van der Waals surface area contributed by atoms with Gasteiger partial charge in [-0.3, -0.25) is 4.79 Å². The first kappa shape index (κ1) is 17.0. The van der Waals surface area contributed by atoms with Crippen LogP contribution in [-0.2, 0) is 4.79 Å². The number of aromatic nitrogens is 1. The summed E-state index contributed by atoms with van der Waals surface area (Å²) in [5.74, 6) is 1.83. The van der Waals surface area contributed by atoms with E-state index in [1.54, 1.807) is 12.3 Å². The summed E-state index contributed by atoms with van der Waals surface area (Å²) >= 11 is 0. The highest BCUT2D eigenvalue weighted by Gasteiger charge is 2.34. The van der Waals surface area contributed by atoms with Crippen molar-refractivity contribution in [2.75, 3.05) is 5.32 Å². The summed E-state index contributed by atoms with van der Waals surface area (Å²) in [5, 5.41) is 6.58. The molecule has 0 aliphatic carbocycles. The Bertz CT molecular complexity index is 746. The van der Waals surface area contributed by atoms with E-state index >= 15 is 0 Å². The van der Waals surface area contributed by atoms with Crippen molar-refractivity contribution >= 4 is 11.6 Å². The molecule has 2 aliphatic rings. The van der Waals surface area contributed by atoms with Gasteiger partial charge in [-0.25, -0.2) is 4.98 Å².